The van der Waals surface area contributed by atoms with Gasteiger partial charge in [-0.05, 0) is 44.9 Å². The first kappa shape index (κ1) is 20.6. The van der Waals surface area contributed by atoms with Crippen molar-refractivity contribution in [3.8, 4) is 0 Å². The summed E-state index contributed by atoms with van der Waals surface area (Å²) >= 11 is 0. The van der Waals surface area contributed by atoms with Crippen LogP contribution in [0.2, 0.25) is 0 Å². The second-order valence-corrected chi connectivity index (χ2v) is 8.31. The zero-order valence-corrected chi connectivity index (χ0v) is 17.2. The van der Waals surface area contributed by atoms with E-state index in [0.29, 0.717) is 19.0 Å². The fourth-order valence-corrected chi connectivity index (χ4v) is 4.36. The van der Waals surface area contributed by atoms with Gasteiger partial charge in [-0.15, -0.1) is 0 Å². The average molecular weight is 387 g/mol. The van der Waals surface area contributed by atoms with Gasteiger partial charge in [0.2, 0.25) is 5.91 Å². The number of likely N-dealkylation sites (tertiary alicyclic amines) is 1. The van der Waals surface area contributed by atoms with Crippen LogP contribution in [0.4, 0.5) is 10.5 Å². The van der Waals surface area contributed by atoms with E-state index in [-0.39, 0.29) is 18.0 Å². The Morgan fingerprint density at radius 2 is 1.96 bits per heavy atom. The molecule has 2 N–H and O–H groups in total. The van der Waals surface area contributed by atoms with Crippen LogP contribution in [0, 0.1) is 0 Å². The van der Waals surface area contributed by atoms with Gasteiger partial charge < -0.3 is 15.5 Å². The maximum Gasteiger partial charge on any atom is 0.319 e. The molecule has 0 radical (unpaired) electrons. The number of para-hydroxylation sites is 1. The highest BCUT2D eigenvalue weighted by atomic mass is 16.2. The number of hydrogen-bond acceptors (Lipinski definition) is 3. The predicted octanol–water partition coefficient (Wildman–Crippen LogP) is 3.58. The molecular weight excluding hydrogens is 352 g/mol. The lowest BCUT2D eigenvalue weighted by Crippen LogP contribution is -2.44. The van der Waals surface area contributed by atoms with Crippen LogP contribution in [0.15, 0.2) is 24.3 Å². The van der Waals surface area contributed by atoms with Gasteiger partial charge in [0, 0.05) is 43.8 Å². The van der Waals surface area contributed by atoms with E-state index >= 15 is 0 Å². The van der Waals surface area contributed by atoms with E-state index in [9.17, 15) is 9.59 Å². The topological polar surface area (TPSA) is 64.7 Å². The summed E-state index contributed by atoms with van der Waals surface area (Å²) in [5, 5.41) is 5.97. The molecule has 154 valence electrons. The maximum absolute atomic E-state index is 12.5. The van der Waals surface area contributed by atoms with Crippen molar-refractivity contribution < 1.29 is 9.59 Å². The smallest absolute Gasteiger partial charge is 0.319 e. The first-order valence-corrected chi connectivity index (χ1v) is 10.7. The van der Waals surface area contributed by atoms with Gasteiger partial charge in [0.1, 0.15) is 0 Å². The first-order chi connectivity index (χ1) is 13.5. The molecule has 0 aromatic heterocycles. The van der Waals surface area contributed by atoms with Crippen LogP contribution < -0.4 is 10.6 Å². The highest BCUT2D eigenvalue weighted by molar-refractivity contribution is 5.90. The van der Waals surface area contributed by atoms with Crippen molar-refractivity contribution in [2.45, 2.75) is 70.5 Å². The normalized spacial score (nSPS) is 19.1. The number of nitrogens with zero attached hydrogens (tertiary/aromatic N) is 2. The Labute approximate surface area is 168 Å². The van der Waals surface area contributed by atoms with Crippen molar-refractivity contribution in [1.82, 2.24) is 15.1 Å². The van der Waals surface area contributed by atoms with Crippen molar-refractivity contribution in [2.75, 3.05) is 25.5 Å². The van der Waals surface area contributed by atoms with Crippen molar-refractivity contribution in [3.63, 3.8) is 0 Å². The monoisotopic (exact) mass is 386 g/mol. The summed E-state index contributed by atoms with van der Waals surface area (Å²) in [6.07, 6.45) is 8.05. The molecule has 28 heavy (non-hydrogen) atoms. The summed E-state index contributed by atoms with van der Waals surface area (Å²) in [5.74, 6) is 0.185. The maximum atomic E-state index is 12.5. The van der Waals surface area contributed by atoms with Crippen molar-refractivity contribution >= 4 is 17.6 Å². The summed E-state index contributed by atoms with van der Waals surface area (Å²) in [5.41, 5.74) is 1.99. The Morgan fingerprint density at radius 1 is 1.21 bits per heavy atom. The fraction of sp³-hybridized carbons (Fsp3) is 0.636. The lowest BCUT2D eigenvalue weighted by Gasteiger charge is -2.31. The Balaban J connectivity index is 1.53. The molecular formula is C22H34N4O2. The molecule has 1 unspecified atom stereocenters. The van der Waals surface area contributed by atoms with E-state index < -0.39 is 0 Å². The van der Waals surface area contributed by atoms with Gasteiger partial charge in [0.15, 0.2) is 0 Å². The molecule has 6 nitrogen and oxygen atoms in total. The quantitative estimate of drug-likeness (QED) is 0.753. The zero-order valence-electron chi connectivity index (χ0n) is 17.2. The van der Waals surface area contributed by atoms with Gasteiger partial charge in [0.25, 0.3) is 0 Å². The van der Waals surface area contributed by atoms with E-state index in [1.165, 1.54) is 32.1 Å². The fourth-order valence-electron chi connectivity index (χ4n) is 4.36. The molecule has 1 aliphatic carbocycles. The molecule has 1 saturated heterocycles. The third-order valence-electron chi connectivity index (χ3n) is 5.93. The SMILES string of the molecule is CC(CN1CCCC1=O)NC(=O)Nc1ccccc1CN(C)C1CCCCC1. The summed E-state index contributed by atoms with van der Waals surface area (Å²) < 4.78 is 0. The Hall–Kier alpha value is -2.08. The van der Waals surface area contributed by atoms with Crippen molar-refractivity contribution in [3.05, 3.63) is 29.8 Å². The number of benzene rings is 1. The molecule has 3 amide bonds. The third kappa shape index (κ3) is 5.71. The molecule has 2 fully saturated rings. The molecule has 1 saturated carbocycles. The van der Waals surface area contributed by atoms with Crippen LogP contribution in [0.1, 0.15) is 57.4 Å². The largest absolute Gasteiger partial charge is 0.341 e. The van der Waals surface area contributed by atoms with Gasteiger partial charge in [-0.1, -0.05) is 37.5 Å². The highest BCUT2D eigenvalue weighted by Gasteiger charge is 2.23. The van der Waals surface area contributed by atoms with Crippen molar-refractivity contribution in [2.24, 2.45) is 0 Å². The third-order valence-corrected chi connectivity index (χ3v) is 5.93. The average Bonchev–Trinajstić information content (AvgIpc) is 3.08. The van der Waals surface area contributed by atoms with Crippen LogP contribution in [0.5, 0.6) is 0 Å². The summed E-state index contributed by atoms with van der Waals surface area (Å²) in [6.45, 7) is 4.13. The number of rotatable bonds is 7. The van der Waals surface area contributed by atoms with Gasteiger partial charge in [-0.25, -0.2) is 4.79 Å². The van der Waals surface area contributed by atoms with Crippen LogP contribution in [-0.4, -0.2) is 54.0 Å². The number of nitrogens with one attached hydrogen (secondary N) is 2. The lowest BCUT2D eigenvalue weighted by atomic mass is 9.94. The van der Waals surface area contributed by atoms with Crippen LogP contribution in [-0.2, 0) is 11.3 Å². The predicted molar refractivity (Wildman–Crippen MR) is 112 cm³/mol. The number of carbonyl (C=O) groups excluding carboxylic acids is 2. The molecule has 1 heterocycles. The lowest BCUT2D eigenvalue weighted by molar-refractivity contribution is -0.127. The summed E-state index contributed by atoms with van der Waals surface area (Å²) in [4.78, 5) is 28.5. The molecule has 1 atom stereocenters. The second-order valence-electron chi connectivity index (χ2n) is 8.31. The minimum Gasteiger partial charge on any atom is -0.341 e. The minimum absolute atomic E-state index is 0.0841. The molecule has 2 aliphatic rings. The van der Waals surface area contributed by atoms with Crippen LogP contribution in [0.25, 0.3) is 0 Å². The molecule has 0 spiro atoms. The first-order valence-electron chi connectivity index (χ1n) is 10.7. The van der Waals surface area contributed by atoms with Gasteiger partial charge >= 0.3 is 6.03 Å². The second kappa shape index (κ2) is 9.92. The molecule has 6 heteroatoms. The molecule has 1 aromatic rings. The Bertz CT molecular complexity index is 672. The Morgan fingerprint density at radius 3 is 2.68 bits per heavy atom. The summed E-state index contributed by atoms with van der Waals surface area (Å²) in [7, 11) is 2.18. The van der Waals surface area contributed by atoms with E-state index in [0.717, 1.165) is 30.8 Å². The Kier molecular flexibility index (Phi) is 7.31. The van der Waals surface area contributed by atoms with E-state index in [4.69, 9.17) is 0 Å². The number of urea groups is 1. The minimum atomic E-state index is -0.216. The van der Waals surface area contributed by atoms with E-state index in [1.807, 2.05) is 30.0 Å². The number of carbonyl (C=O) groups is 2. The van der Waals surface area contributed by atoms with E-state index in [1.54, 1.807) is 0 Å². The number of anilines is 1. The van der Waals surface area contributed by atoms with Gasteiger partial charge in [-0.2, -0.15) is 0 Å². The summed E-state index contributed by atoms with van der Waals surface area (Å²) in [6, 6.07) is 8.35. The molecule has 0 bridgehead atoms. The van der Waals surface area contributed by atoms with E-state index in [2.05, 4.69) is 28.6 Å². The number of hydrogen-bond donors (Lipinski definition) is 2. The van der Waals surface area contributed by atoms with Crippen LogP contribution in [0.3, 0.4) is 0 Å². The molecule has 3 rings (SSSR count). The van der Waals surface area contributed by atoms with Gasteiger partial charge in [-0.3, -0.25) is 9.69 Å². The highest BCUT2D eigenvalue weighted by Crippen LogP contribution is 2.24. The molecule has 1 aromatic carbocycles. The van der Waals surface area contributed by atoms with Crippen molar-refractivity contribution in [1.29, 1.82) is 0 Å². The van der Waals surface area contributed by atoms with Gasteiger partial charge in [0.05, 0.1) is 0 Å². The number of amides is 3. The standard InChI is InChI=1S/C22H34N4O2/c1-17(15-26-14-8-13-21(26)27)23-22(28)24-20-12-7-6-9-18(20)16-25(2)19-10-4-3-5-11-19/h6-7,9,12,17,19H,3-5,8,10-11,13-16H2,1-2H3,(H2,23,24,28). The van der Waals surface area contributed by atoms with Crippen LogP contribution >= 0.6 is 0 Å². The molecule has 1 aliphatic heterocycles. The zero-order chi connectivity index (χ0) is 19.9.